The SMILES string of the molecule is O=C(COc1cccc(C(F)(F)F)c1)NCCOc1cccc2ccccc12. The third-order valence-electron chi connectivity index (χ3n) is 3.96. The van der Waals surface area contributed by atoms with Gasteiger partial charge >= 0.3 is 6.18 Å². The number of rotatable bonds is 7. The monoisotopic (exact) mass is 389 g/mol. The van der Waals surface area contributed by atoms with Gasteiger partial charge in [-0.05, 0) is 29.7 Å². The van der Waals surface area contributed by atoms with E-state index in [2.05, 4.69) is 5.32 Å². The molecule has 0 saturated heterocycles. The highest BCUT2D eigenvalue weighted by atomic mass is 19.4. The van der Waals surface area contributed by atoms with Gasteiger partial charge in [0, 0.05) is 5.39 Å². The average molecular weight is 389 g/mol. The molecule has 0 heterocycles. The number of carbonyl (C=O) groups excluding carboxylic acids is 1. The first-order valence-electron chi connectivity index (χ1n) is 8.61. The van der Waals surface area contributed by atoms with Crippen molar-refractivity contribution in [2.24, 2.45) is 0 Å². The Morgan fingerprint density at radius 1 is 0.929 bits per heavy atom. The fourth-order valence-corrected chi connectivity index (χ4v) is 2.64. The molecular formula is C21H18F3NO3. The number of ether oxygens (including phenoxy) is 2. The predicted molar refractivity (Wildman–Crippen MR) is 99.4 cm³/mol. The van der Waals surface area contributed by atoms with E-state index in [4.69, 9.17) is 9.47 Å². The van der Waals surface area contributed by atoms with E-state index in [1.54, 1.807) is 0 Å². The smallest absolute Gasteiger partial charge is 0.416 e. The molecule has 0 spiro atoms. The molecule has 0 radical (unpaired) electrons. The number of benzene rings is 3. The number of halogens is 3. The highest BCUT2D eigenvalue weighted by Crippen LogP contribution is 2.31. The molecule has 0 bridgehead atoms. The van der Waals surface area contributed by atoms with E-state index < -0.39 is 17.6 Å². The molecule has 0 fully saturated rings. The van der Waals surface area contributed by atoms with Crippen LogP contribution in [-0.2, 0) is 11.0 Å². The van der Waals surface area contributed by atoms with Gasteiger partial charge in [0.15, 0.2) is 6.61 Å². The molecule has 0 saturated carbocycles. The molecule has 0 aliphatic heterocycles. The third-order valence-corrected chi connectivity index (χ3v) is 3.96. The lowest BCUT2D eigenvalue weighted by molar-refractivity contribution is -0.137. The van der Waals surface area contributed by atoms with E-state index in [0.29, 0.717) is 5.75 Å². The van der Waals surface area contributed by atoms with Crippen molar-refractivity contribution in [2.45, 2.75) is 6.18 Å². The van der Waals surface area contributed by atoms with Crippen LogP contribution in [0.3, 0.4) is 0 Å². The minimum Gasteiger partial charge on any atom is -0.491 e. The van der Waals surface area contributed by atoms with Crippen molar-refractivity contribution in [1.82, 2.24) is 5.32 Å². The first-order valence-corrected chi connectivity index (χ1v) is 8.61. The highest BCUT2D eigenvalue weighted by molar-refractivity contribution is 5.88. The zero-order chi connectivity index (χ0) is 20.0. The zero-order valence-electron chi connectivity index (χ0n) is 14.8. The molecule has 3 rings (SSSR count). The molecule has 3 aromatic rings. The fourth-order valence-electron chi connectivity index (χ4n) is 2.64. The molecule has 146 valence electrons. The van der Waals surface area contributed by atoms with Crippen molar-refractivity contribution < 1.29 is 27.4 Å². The van der Waals surface area contributed by atoms with Gasteiger partial charge in [0.2, 0.25) is 0 Å². The largest absolute Gasteiger partial charge is 0.491 e. The van der Waals surface area contributed by atoms with E-state index in [1.165, 1.54) is 12.1 Å². The molecule has 1 N–H and O–H groups in total. The summed E-state index contributed by atoms with van der Waals surface area (Å²) in [7, 11) is 0. The number of fused-ring (bicyclic) bond motifs is 1. The van der Waals surface area contributed by atoms with Gasteiger partial charge in [-0.15, -0.1) is 0 Å². The predicted octanol–water partition coefficient (Wildman–Crippen LogP) is 4.43. The summed E-state index contributed by atoms with van der Waals surface area (Å²) >= 11 is 0. The Kier molecular flexibility index (Phi) is 6.03. The molecule has 0 aliphatic carbocycles. The number of amides is 1. The second-order valence-electron chi connectivity index (χ2n) is 5.99. The first-order chi connectivity index (χ1) is 13.4. The molecule has 0 aliphatic rings. The Morgan fingerprint density at radius 3 is 2.50 bits per heavy atom. The van der Waals surface area contributed by atoms with E-state index >= 15 is 0 Å². The van der Waals surface area contributed by atoms with Crippen LogP contribution in [0.25, 0.3) is 10.8 Å². The molecule has 0 aromatic heterocycles. The summed E-state index contributed by atoms with van der Waals surface area (Å²) in [6, 6.07) is 17.9. The van der Waals surface area contributed by atoms with Crippen LogP contribution in [0.5, 0.6) is 11.5 Å². The Hall–Kier alpha value is -3.22. The van der Waals surface area contributed by atoms with Gasteiger partial charge in [-0.1, -0.05) is 42.5 Å². The second kappa shape index (κ2) is 8.65. The Balaban J connectivity index is 1.44. The second-order valence-corrected chi connectivity index (χ2v) is 5.99. The van der Waals surface area contributed by atoms with Crippen LogP contribution >= 0.6 is 0 Å². The Morgan fingerprint density at radius 2 is 1.68 bits per heavy atom. The minimum atomic E-state index is -4.46. The Bertz CT molecular complexity index is 952. The number of hydrogen-bond acceptors (Lipinski definition) is 3. The number of carbonyl (C=O) groups is 1. The van der Waals surface area contributed by atoms with Crippen LogP contribution in [-0.4, -0.2) is 25.7 Å². The van der Waals surface area contributed by atoms with Crippen molar-refractivity contribution in [3.8, 4) is 11.5 Å². The van der Waals surface area contributed by atoms with Crippen molar-refractivity contribution in [1.29, 1.82) is 0 Å². The van der Waals surface area contributed by atoms with E-state index in [-0.39, 0.29) is 25.5 Å². The van der Waals surface area contributed by atoms with Gasteiger partial charge in [0.25, 0.3) is 5.91 Å². The van der Waals surface area contributed by atoms with Gasteiger partial charge in [-0.3, -0.25) is 4.79 Å². The fraction of sp³-hybridized carbons (Fsp3) is 0.190. The summed E-state index contributed by atoms with van der Waals surface area (Å²) in [6.07, 6.45) is -4.46. The summed E-state index contributed by atoms with van der Waals surface area (Å²) in [6.45, 7) is 0.118. The van der Waals surface area contributed by atoms with Crippen molar-refractivity contribution in [3.63, 3.8) is 0 Å². The zero-order valence-corrected chi connectivity index (χ0v) is 14.8. The van der Waals surface area contributed by atoms with E-state index in [1.807, 2.05) is 42.5 Å². The molecular weight excluding hydrogens is 371 g/mol. The maximum atomic E-state index is 12.7. The molecule has 4 nitrogen and oxygen atoms in total. The summed E-state index contributed by atoms with van der Waals surface area (Å²) in [5, 5.41) is 4.64. The highest BCUT2D eigenvalue weighted by Gasteiger charge is 2.30. The number of hydrogen-bond donors (Lipinski definition) is 1. The molecule has 28 heavy (non-hydrogen) atoms. The van der Waals surface area contributed by atoms with Crippen molar-refractivity contribution >= 4 is 16.7 Å². The molecule has 0 unspecified atom stereocenters. The summed E-state index contributed by atoms with van der Waals surface area (Å²) < 4.78 is 48.8. The topological polar surface area (TPSA) is 47.6 Å². The van der Waals surface area contributed by atoms with Gasteiger partial charge in [-0.2, -0.15) is 13.2 Å². The van der Waals surface area contributed by atoms with Crippen LogP contribution in [0.15, 0.2) is 66.7 Å². The van der Waals surface area contributed by atoms with Gasteiger partial charge in [0.05, 0.1) is 12.1 Å². The number of alkyl halides is 3. The van der Waals surface area contributed by atoms with Gasteiger partial charge in [-0.25, -0.2) is 0 Å². The lowest BCUT2D eigenvalue weighted by Crippen LogP contribution is -2.32. The van der Waals surface area contributed by atoms with Crippen molar-refractivity contribution in [3.05, 3.63) is 72.3 Å². The van der Waals surface area contributed by atoms with E-state index in [9.17, 15) is 18.0 Å². The lowest BCUT2D eigenvalue weighted by Gasteiger charge is -2.11. The molecule has 0 atom stereocenters. The first kappa shape index (κ1) is 19.5. The standard InChI is InChI=1S/C21H18F3NO3/c22-21(23,24)16-7-4-8-17(13-16)28-14-20(26)25-11-12-27-19-10-3-6-15-5-1-2-9-18(15)19/h1-10,13H,11-12,14H2,(H,25,26). The normalized spacial score (nSPS) is 11.2. The summed E-state index contributed by atoms with van der Waals surface area (Å²) in [5.74, 6) is 0.253. The van der Waals surface area contributed by atoms with Crippen LogP contribution < -0.4 is 14.8 Å². The minimum absolute atomic E-state index is 0.0167. The summed E-state index contributed by atoms with van der Waals surface area (Å²) in [4.78, 5) is 11.8. The van der Waals surface area contributed by atoms with Crippen LogP contribution in [0.4, 0.5) is 13.2 Å². The average Bonchev–Trinajstić information content (AvgIpc) is 2.69. The van der Waals surface area contributed by atoms with E-state index in [0.717, 1.165) is 22.9 Å². The van der Waals surface area contributed by atoms with Crippen LogP contribution in [0.2, 0.25) is 0 Å². The van der Waals surface area contributed by atoms with Crippen molar-refractivity contribution in [2.75, 3.05) is 19.8 Å². The molecule has 1 amide bonds. The lowest BCUT2D eigenvalue weighted by atomic mass is 10.1. The maximum absolute atomic E-state index is 12.7. The Labute approximate surface area is 159 Å². The third kappa shape index (κ3) is 5.16. The summed E-state index contributed by atoms with van der Waals surface area (Å²) in [5.41, 5.74) is -0.825. The molecule has 3 aromatic carbocycles. The molecule has 7 heteroatoms. The quantitative estimate of drug-likeness (QED) is 0.608. The maximum Gasteiger partial charge on any atom is 0.416 e. The van der Waals surface area contributed by atoms with Gasteiger partial charge < -0.3 is 14.8 Å². The van der Waals surface area contributed by atoms with Crippen LogP contribution in [0, 0.1) is 0 Å². The van der Waals surface area contributed by atoms with Crippen LogP contribution in [0.1, 0.15) is 5.56 Å². The van der Waals surface area contributed by atoms with Gasteiger partial charge in [0.1, 0.15) is 18.1 Å². The number of nitrogens with one attached hydrogen (secondary N) is 1.